The van der Waals surface area contributed by atoms with Crippen molar-refractivity contribution in [1.82, 2.24) is 4.98 Å². The molecule has 1 amide bonds. The third-order valence-corrected chi connectivity index (χ3v) is 3.68. The van der Waals surface area contributed by atoms with Crippen molar-refractivity contribution < 1.29 is 23.9 Å². The van der Waals surface area contributed by atoms with E-state index in [2.05, 4.69) is 10.3 Å². The van der Waals surface area contributed by atoms with Gasteiger partial charge in [-0.1, -0.05) is 0 Å². The summed E-state index contributed by atoms with van der Waals surface area (Å²) in [6, 6.07) is 4.25. The zero-order valence-electron chi connectivity index (χ0n) is 14.4. The number of hydrogen-bond donors (Lipinski definition) is 1. The predicted molar refractivity (Wildman–Crippen MR) is 98.1 cm³/mol. The number of anilines is 1. The first-order chi connectivity index (χ1) is 12.5. The predicted octanol–water partition coefficient (Wildman–Crippen LogP) is 3.15. The first kappa shape index (κ1) is 19.3. The van der Waals surface area contributed by atoms with Gasteiger partial charge in [0.1, 0.15) is 0 Å². The molecule has 7 nitrogen and oxygen atoms in total. The number of amides is 1. The lowest BCUT2D eigenvalue weighted by Crippen LogP contribution is -2.13. The molecule has 0 saturated carbocycles. The molecule has 0 aliphatic heterocycles. The van der Waals surface area contributed by atoms with Gasteiger partial charge in [-0.3, -0.25) is 4.79 Å². The minimum atomic E-state index is -0.591. The maximum atomic E-state index is 12.1. The summed E-state index contributed by atoms with van der Waals surface area (Å²) in [6.45, 7) is 3.75. The van der Waals surface area contributed by atoms with Crippen LogP contribution in [0.15, 0.2) is 35.2 Å². The van der Waals surface area contributed by atoms with Crippen LogP contribution >= 0.6 is 11.3 Å². The van der Waals surface area contributed by atoms with Crippen LogP contribution in [-0.2, 0) is 14.3 Å². The maximum Gasteiger partial charge on any atom is 0.338 e. The van der Waals surface area contributed by atoms with Gasteiger partial charge in [-0.05, 0) is 38.1 Å². The third-order valence-electron chi connectivity index (χ3n) is 3.08. The number of carbonyl (C=O) groups excluding carboxylic acids is 3. The Labute approximate surface area is 154 Å². The number of nitrogens with one attached hydrogen (secondary N) is 1. The molecule has 1 heterocycles. The summed E-state index contributed by atoms with van der Waals surface area (Å²) >= 11 is 1.42. The topological polar surface area (TPSA) is 94.6 Å². The summed E-state index contributed by atoms with van der Waals surface area (Å²) in [5.74, 6) is -1.60. The first-order valence-electron chi connectivity index (χ1n) is 7.90. The van der Waals surface area contributed by atoms with E-state index >= 15 is 0 Å². The Kier molecular flexibility index (Phi) is 7.04. The van der Waals surface area contributed by atoms with E-state index in [1.54, 1.807) is 30.8 Å². The highest BCUT2D eigenvalue weighted by Gasteiger charge is 2.15. The maximum absolute atomic E-state index is 12.1. The van der Waals surface area contributed by atoms with Crippen molar-refractivity contribution in [3.8, 4) is 0 Å². The molecule has 0 radical (unpaired) electrons. The lowest BCUT2D eigenvalue weighted by Gasteiger charge is -2.09. The molecule has 0 saturated heterocycles. The van der Waals surface area contributed by atoms with E-state index in [0.717, 1.165) is 0 Å². The fraction of sp³-hybridized carbons (Fsp3) is 0.222. The van der Waals surface area contributed by atoms with Crippen LogP contribution in [0.2, 0.25) is 0 Å². The number of benzene rings is 1. The number of thiazole rings is 1. The Morgan fingerprint density at radius 2 is 1.69 bits per heavy atom. The second-order valence-electron chi connectivity index (χ2n) is 4.98. The molecule has 26 heavy (non-hydrogen) atoms. The van der Waals surface area contributed by atoms with E-state index in [-0.39, 0.29) is 30.0 Å². The Bertz CT molecular complexity index is 779. The molecule has 0 aliphatic carbocycles. The molecule has 136 valence electrons. The number of carbonyl (C=O) groups is 3. The average molecular weight is 374 g/mol. The molecule has 0 unspecified atom stereocenters. The van der Waals surface area contributed by atoms with E-state index in [4.69, 9.17) is 9.47 Å². The fourth-order valence-corrected chi connectivity index (χ4v) is 2.54. The van der Waals surface area contributed by atoms with Gasteiger partial charge in [0, 0.05) is 17.1 Å². The molecule has 0 aliphatic rings. The number of nitrogens with zero attached hydrogens (tertiary/aromatic N) is 1. The quantitative estimate of drug-likeness (QED) is 0.591. The van der Waals surface area contributed by atoms with Crippen LogP contribution in [0.5, 0.6) is 0 Å². The van der Waals surface area contributed by atoms with Gasteiger partial charge in [-0.2, -0.15) is 0 Å². The lowest BCUT2D eigenvalue weighted by atomic mass is 10.1. The van der Waals surface area contributed by atoms with Crippen LogP contribution in [0, 0.1) is 0 Å². The fourth-order valence-electron chi connectivity index (χ4n) is 2.01. The summed E-state index contributed by atoms with van der Waals surface area (Å²) in [5, 5.41) is 4.41. The zero-order valence-corrected chi connectivity index (χ0v) is 15.2. The molecule has 8 heteroatoms. The van der Waals surface area contributed by atoms with Crippen LogP contribution < -0.4 is 5.32 Å². The standard InChI is InChI=1S/C18H18N2O5S/c1-3-24-17(22)12-7-13(18(23)25-4-2)9-15(8-12)20-16(21)6-5-14-10-26-11-19-14/h5-11H,3-4H2,1-2H3,(H,20,21)/b6-5+. The Morgan fingerprint density at radius 3 is 2.19 bits per heavy atom. The minimum Gasteiger partial charge on any atom is -0.462 e. The van der Waals surface area contributed by atoms with Crippen LogP contribution in [0.4, 0.5) is 5.69 Å². The van der Waals surface area contributed by atoms with Crippen LogP contribution in [0.25, 0.3) is 6.08 Å². The van der Waals surface area contributed by atoms with E-state index in [9.17, 15) is 14.4 Å². The molecular weight excluding hydrogens is 356 g/mol. The van der Waals surface area contributed by atoms with E-state index in [1.165, 1.54) is 35.6 Å². The van der Waals surface area contributed by atoms with Crippen molar-refractivity contribution in [1.29, 1.82) is 0 Å². The average Bonchev–Trinajstić information content (AvgIpc) is 3.13. The van der Waals surface area contributed by atoms with Crippen LogP contribution in [0.1, 0.15) is 40.3 Å². The van der Waals surface area contributed by atoms with Gasteiger partial charge in [0.05, 0.1) is 35.5 Å². The van der Waals surface area contributed by atoms with Crippen LogP contribution in [0.3, 0.4) is 0 Å². The van der Waals surface area contributed by atoms with Crippen LogP contribution in [-0.4, -0.2) is 36.0 Å². The van der Waals surface area contributed by atoms with Crippen molar-refractivity contribution in [3.63, 3.8) is 0 Å². The molecule has 1 N–H and O–H groups in total. The number of esters is 2. The van der Waals surface area contributed by atoms with Crippen molar-refractivity contribution in [3.05, 3.63) is 52.0 Å². The third kappa shape index (κ3) is 5.52. The molecule has 0 atom stereocenters. The largest absolute Gasteiger partial charge is 0.462 e. The van der Waals surface area contributed by atoms with E-state index in [1.807, 2.05) is 0 Å². The summed E-state index contributed by atoms with van der Waals surface area (Å²) in [6.07, 6.45) is 2.88. The normalized spacial score (nSPS) is 10.5. The van der Waals surface area contributed by atoms with Crippen molar-refractivity contribution in [2.45, 2.75) is 13.8 Å². The smallest absolute Gasteiger partial charge is 0.338 e. The summed E-state index contributed by atoms with van der Waals surface area (Å²) < 4.78 is 9.91. The van der Waals surface area contributed by atoms with Gasteiger partial charge >= 0.3 is 11.9 Å². The molecule has 1 aromatic heterocycles. The highest BCUT2D eigenvalue weighted by molar-refractivity contribution is 7.07. The van der Waals surface area contributed by atoms with Gasteiger partial charge in [-0.25, -0.2) is 14.6 Å². The van der Waals surface area contributed by atoms with Gasteiger partial charge in [0.25, 0.3) is 0 Å². The summed E-state index contributed by atoms with van der Waals surface area (Å²) in [5.41, 5.74) is 2.91. The number of hydrogen-bond acceptors (Lipinski definition) is 7. The highest BCUT2D eigenvalue weighted by atomic mass is 32.1. The molecule has 0 bridgehead atoms. The van der Waals surface area contributed by atoms with Crippen molar-refractivity contribution in [2.75, 3.05) is 18.5 Å². The number of ether oxygens (including phenoxy) is 2. The SMILES string of the molecule is CCOC(=O)c1cc(NC(=O)/C=C/c2cscn2)cc(C(=O)OCC)c1. The molecular formula is C18H18N2O5S. The molecule has 2 aromatic rings. The number of aromatic nitrogens is 1. The second kappa shape index (κ2) is 9.47. The molecule has 1 aromatic carbocycles. The Balaban J connectivity index is 2.23. The number of rotatable bonds is 7. The van der Waals surface area contributed by atoms with E-state index in [0.29, 0.717) is 5.69 Å². The van der Waals surface area contributed by atoms with Gasteiger partial charge in [-0.15, -0.1) is 11.3 Å². The Morgan fingerprint density at radius 1 is 1.08 bits per heavy atom. The Hall–Kier alpha value is -3.00. The summed E-state index contributed by atoms with van der Waals surface area (Å²) in [7, 11) is 0. The van der Waals surface area contributed by atoms with Gasteiger partial charge in [0.15, 0.2) is 0 Å². The van der Waals surface area contributed by atoms with Gasteiger partial charge < -0.3 is 14.8 Å². The molecule has 0 spiro atoms. The minimum absolute atomic E-state index is 0.149. The second-order valence-corrected chi connectivity index (χ2v) is 5.69. The van der Waals surface area contributed by atoms with Crippen molar-refractivity contribution >= 4 is 40.9 Å². The van der Waals surface area contributed by atoms with E-state index < -0.39 is 17.8 Å². The monoisotopic (exact) mass is 374 g/mol. The first-order valence-corrected chi connectivity index (χ1v) is 8.84. The molecule has 0 fully saturated rings. The van der Waals surface area contributed by atoms with Gasteiger partial charge in [0.2, 0.25) is 5.91 Å². The lowest BCUT2D eigenvalue weighted by molar-refractivity contribution is -0.111. The summed E-state index contributed by atoms with van der Waals surface area (Å²) in [4.78, 5) is 40.1. The highest BCUT2D eigenvalue weighted by Crippen LogP contribution is 2.17. The molecule has 2 rings (SSSR count). The zero-order chi connectivity index (χ0) is 18.9. The van der Waals surface area contributed by atoms with Crippen molar-refractivity contribution in [2.24, 2.45) is 0 Å².